The van der Waals surface area contributed by atoms with E-state index in [1.54, 1.807) is 12.3 Å². The maximum absolute atomic E-state index is 14.3. The molecule has 0 bridgehead atoms. The molecule has 4 N–H and O–H groups in total. The summed E-state index contributed by atoms with van der Waals surface area (Å²) in [6.07, 6.45) is 2.19. The Morgan fingerprint density at radius 3 is 2.90 bits per heavy atom. The molecule has 8 heteroatoms. The summed E-state index contributed by atoms with van der Waals surface area (Å²) in [7, 11) is 0. The van der Waals surface area contributed by atoms with Crippen molar-refractivity contribution < 1.29 is 14.3 Å². The fraction of sp³-hybridized carbons (Fsp3) is 0.381. The van der Waals surface area contributed by atoms with Gasteiger partial charge in [0.15, 0.2) is 5.60 Å². The molecule has 1 aromatic carbocycles. The fourth-order valence-electron chi connectivity index (χ4n) is 4.50. The van der Waals surface area contributed by atoms with Gasteiger partial charge in [-0.3, -0.25) is 9.48 Å². The van der Waals surface area contributed by atoms with Crippen molar-refractivity contribution in [2.75, 3.05) is 5.32 Å². The summed E-state index contributed by atoms with van der Waals surface area (Å²) in [5.41, 5.74) is 6.73. The first-order chi connectivity index (χ1) is 13.9. The lowest BCUT2D eigenvalue weighted by Crippen LogP contribution is -2.38. The number of aliphatic hydroxyl groups is 1. The van der Waals surface area contributed by atoms with Crippen LogP contribution in [0.3, 0.4) is 0 Å². The molecule has 1 aliphatic heterocycles. The van der Waals surface area contributed by atoms with E-state index in [-0.39, 0.29) is 6.04 Å². The van der Waals surface area contributed by atoms with Crippen LogP contribution in [0, 0.1) is 0 Å². The van der Waals surface area contributed by atoms with E-state index in [2.05, 4.69) is 10.3 Å². The normalized spacial score (nSPS) is 29.1. The van der Waals surface area contributed by atoms with Gasteiger partial charge in [-0.2, -0.15) is 5.10 Å². The molecule has 1 unspecified atom stereocenters. The topological polar surface area (TPSA) is 106 Å². The zero-order chi connectivity index (χ0) is 20.3. The van der Waals surface area contributed by atoms with Crippen LogP contribution in [0.5, 0.6) is 0 Å². The van der Waals surface area contributed by atoms with E-state index in [4.69, 9.17) is 10.8 Å². The summed E-state index contributed by atoms with van der Waals surface area (Å²) in [6, 6.07) is 8.96. The number of pyridine rings is 1. The Morgan fingerprint density at radius 1 is 1.31 bits per heavy atom. The molecule has 1 fully saturated rings. The van der Waals surface area contributed by atoms with Crippen molar-refractivity contribution in [3.63, 3.8) is 0 Å². The number of hydrogen-bond donors (Lipinski definition) is 3. The number of aromatic nitrogens is 3. The highest BCUT2D eigenvalue weighted by Crippen LogP contribution is 2.43. The third-order valence-electron chi connectivity index (χ3n) is 6.12. The summed E-state index contributed by atoms with van der Waals surface area (Å²) in [6.45, 7) is 1.45. The second-order valence-corrected chi connectivity index (χ2v) is 8.07. The molecule has 1 saturated carbocycles. The highest BCUT2D eigenvalue weighted by molar-refractivity contribution is 6.07. The van der Waals surface area contributed by atoms with Gasteiger partial charge < -0.3 is 16.2 Å². The van der Waals surface area contributed by atoms with Crippen LogP contribution >= 0.6 is 0 Å². The molecule has 0 spiro atoms. The maximum atomic E-state index is 14.3. The van der Waals surface area contributed by atoms with Crippen LogP contribution in [0.2, 0.25) is 0 Å². The van der Waals surface area contributed by atoms with Gasteiger partial charge in [0.2, 0.25) is 0 Å². The van der Waals surface area contributed by atoms with Gasteiger partial charge in [-0.25, -0.2) is 9.37 Å². The first-order valence-corrected chi connectivity index (χ1v) is 9.78. The number of carbonyl (C=O) groups is 1. The number of benzene rings is 1. The molecular formula is C21H22FN5O2. The largest absolute Gasteiger partial charge is 0.375 e. The number of rotatable bonds is 2. The van der Waals surface area contributed by atoms with Gasteiger partial charge in [-0.15, -0.1) is 0 Å². The average molecular weight is 395 g/mol. The number of para-hydroxylation sites is 1. The fourth-order valence-corrected chi connectivity index (χ4v) is 4.50. The molecule has 1 aliphatic carbocycles. The van der Waals surface area contributed by atoms with Crippen LogP contribution in [0.1, 0.15) is 37.8 Å². The number of anilines is 1. The highest BCUT2D eigenvalue weighted by atomic mass is 19.1. The van der Waals surface area contributed by atoms with Crippen molar-refractivity contribution in [1.82, 2.24) is 14.8 Å². The number of fused-ring (bicyclic) bond motifs is 2. The molecule has 0 radical (unpaired) electrons. The van der Waals surface area contributed by atoms with E-state index < -0.39 is 23.7 Å². The first kappa shape index (κ1) is 18.2. The average Bonchev–Trinajstić information content (AvgIpc) is 3.19. The van der Waals surface area contributed by atoms with Gasteiger partial charge in [0.1, 0.15) is 17.7 Å². The standard InChI is InChI=1S/C21H22FN5O2/c1-21(29)17-13(8-9-24-19(17)25-20(21)28)18-12-4-2-3-5-16(12)27(26-18)11-6-7-15(23)14(22)10-11/h2-5,8-9,11,14-15,29H,6-7,10,23H2,1H3,(H,24,25,28)/t11-,14-,15-,21?/m1/s1. The molecule has 2 aliphatic rings. The lowest BCUT2D eigenvalue weighted by molar-refractivity contribution is -0.131. The number of nitrogens with two attached hydrogens (primary N) is 1. The lowest BCUT2D eigenvalue weighted by Gasteiger charge is -2.29. The van der Waals surface area contributed by atoms with E-state index >= 15 is 0 Å². The maximum Gasteiger partial charge on any atom is 0.262 e. The second-order valence-electron chi connectivity index (χ2n) is 8.07. The lowest BCUT2D eigenvalue weighted by atomic mass is 9.90. The van der Waals surface area contributed by atoms with Crippen molar-refractivity contribution in [2.45, 2.75) is 50.0 Å². The van der Waals surface area contributed by atoms with Crippen molar-refractivity contribution in [3.05, 3.63) is 42.1 Å². The van der Waals surface area contributed by atoms with E-state index in [1.807, 2.05) is 28.9 Å². The molecule has 7 nitrogen and oxygen atoms in total. The van der Waals surface area contributed by atoms with Gasteiger partial charge in [-0.1, -0.05) is 18.2 Å². The first-order valence-electron chi connectivity index (χ1n) is 9.78. The van der Waals surface area contributed by atoms with Gasteiger partial charge >= 0.3 is 0 Å². The number of hydrogen-bond acceptors (Lipinski definition) is 5. The van der Waals surface area contributed by atoms with Crippen LogP contribution in [-0.4, -0.2) is 38.0 Å². The van der Waals surface area contributed by atoms with Crippen LogP contribution in [0.4, 0.5) is 10.2 Å². The van der Waals surface area contributed by atoms with E-state index in [9.17, 15) is 14.3 Å². The molecule has 3 heterocycles. The number of amides is 1. The van der Waals surface area contributed by atoms with Gasteiger partial charge in [0.25, 0.3) is 5.91 Å². The summed E-state index contributed by atoms with van der Waals surface area (Å²) in [5, 5.41) is 19.1. The molecule has 150 valence electrons. The molecule has 2 aromatic heterocycles. The van der Waals surface area contributed by atoms with Crippen LogP contribution in [0.15, 0.2) is 36.5 Å². The number of halogens is 1. The third-order valence-corrected chi connectivity index (χ3v) is 6.12. The minimum atomic E-state index is -1.70. The predicted molar refractivity (Wildman–Crippen MR) is 107 cm³/mol. The SMILES string of the molecule is CC1(O)C(=O)Nc2nccc(-c3nn([C@@H]4CC[C@@H](N)[C@H](F)C4)c4ccccc34)c21. The van der Waals surface area contributed by atoms with E-state index in [1.165, 1.54) is 6.92 Å². The second kappa shape index (κ2) is 6.33. The summed E-state index contributed by atoms with van der Waals surface area (Å²) < 4.78 is 16.2. The number of nitrogens with one attached hydrogen (secondary N) is 1. The molecule has 3 aromatic rings. The van der Waals surface area contributed by atoms with Crippen LogP contribution in [-0.2, 0) is 10.4 Å². The Hall–Kier alpha value is -2.84. The Morgan fingerprint density at radius 2 is 2.10 bits per heavy atom. The van der Waals surface area contributed by atoms with Crippen molar-refractivity contribution in [3.8, 4) is 11.3 Å². The van der Waals surface area contributed by atoms with E-state index in [0.29, 0.717) is 35.5 Å². The zero-order valence-corrected chi connectivity index (χ0v) is 16.0. The van der Waals surface area contributed by atoms with Crippen LogP contribution < -0.4 is 11.1 Å². The number of nitrogens with zero attached hydrogens (tertiary/aromatic N) is 3. The van der Waals surface area contributed by atoms with Crippen molar-refractivity contribution >= 4 is 22.6 Å². The minimum absolute atomic E-state index is 0.0985. The third kappa shape index (κ3) is 2.67. The van der Waals surface area contributed by atoms with Gasteiger partial charge in [-0.05, 0) is 31.9 Å². The zero-order valence-electron chi connectivity index (χ0n) is 16.0. The number of carbonyl (C=O) groups excluding carboxylic acids is 1. The predicted octanol–water partition coefficient (Wildman–Crippen LogP) is 2.65. The summed E-state index contributed by atoms with van der Waals surface area (Å²) >= 11 is 0. The van der Waals surface area contributed by atoms with Crippen LogP contribution in [0.25, 0.3) is 22.2 Å². The van der Waals surface area contributed by atoms with Gasteiger partial charge in [0.05, 0.1) is 11.6 Å². The summed E-state index contributed by atoms with van der Waals surface area (Å²) in [4.78, 5) is 16.4. The van der Waals surface area contributed by atoms with Crippen molar-refractivity contribution in [2.24, 2.45) is 5.73 Å². The molecule has 1 amide bonds. The quantitative estimate of drug-likeness (QED) is 0.619. The molecular weight excluding hydrogens is 373 g/mol. The molecule has 0 saturated heterocycles. The Balaban J connectivity index is 1.70. The Bertz CT molecular complexity index is 1130. The number of alkyl halides is 1. The Labute approximate surface area is 166 Å². The highest BCUT2D eigenvalue weighted by Gasteiger charge is 2.44. The molecule has 29 heavy (non-hydrogen) atoms. The molecule has 5 rings (SSSR count). The van der Waals surface area contributed by atoms with Gasteiger partial charge in [0, 0.05) is 35.2 Å². The Kier molecular flexibility index (Phi) is 3.97. The minimum Gasteiger partial charge on any atom is -0.375 e. The van der Waals surface area contributed by atoms with E-state index in [0.717, 1.165) is 17.3 Å². The van der Waals surface area contributed by atoms with Crippen molar-refractivity contribution in [1.29, 1.82) is 0 Å². The monoisotopic (exact) mass is 395 g/mol. The molecule has 4 atom stereocenters. The smallest absolute Gasteiger partial charge is 0.262 e. The summed E-state index contributed by atoms with van der Waals surface area (Å²) in [5.74, 6) is -0.179.